The maximum absolute atomic E-state index is 13.9. The van der Waals surface area contributed by atoms with Gasteiger partial charge in [-0.3, -0.25) is 13.9 Å². The third-order valence-corrected chi connectivity index (χ3v) is 9.09. The number of alkyl halides is 3. The number of ether oxygens (including phenoxy) is 3. The number of carbonyl (C=O) groups excluding carboxylic acids is 2. The summed E-state index contributed by atoms with van der Waals surface area (Å²) in [5, 5.41) is 16.6. The van der Waals surface area contributed by atoms with Crippen molar-refractivity contribution < 1.29 is 59.3 Å². The SMILES string of the molecule is COC(COCCCC(F)(F)F)C[C@H](O)[C@H](COc1cc(F)cc(F)c1)NC(=O)c1cc(C(=O)N[C@H](C)c2ccccc2)cc(N(C)S(C)(=O)=O)c1. The maximum Gasteiger partial charge on any atom is 0.389 e. The fourth-order valence-electron chi connectivity index (χ4n) is 4.91. The molecular weight excluding hydrogens is 717 g/mol. The number of carbonyl (C=O) groups is 2. The molecule has 3 N–H and O–H groups in total. The smallest absolute Gasteiger partial charge is 0.389 e. The van der Waals surface area contributed by atoms with Crippen molar-refractivity contribution in [2.45, 2.75) is 56.7 Å². The lowest BCUT2D eigenvalue weighted by atomic mass is 10.0. The molecule has 0 aromatic heterocycles. The Kier molecular flexibility index (Phi) is 15.3. The van der Waals surface area contributed by atoms with E-state index in [1.54, 1.807) is 31.2 Å². The highest BCUT2D eigenvalue weighted by Gasteiger charge is 2.29. The number of aliphatic hydroxyl groups excluding tert-OH is 1. The number of nitrogens with one attached hydrogen (secondary N) is 2. The molecule has 0 spiro atoms. The van der Waals surface area contributed by atoms with Gasteiger partial charge in [-0.1, -0.05) is 30.3 Å². The van der Waals surface area contributed by atoms with Crippen molar-refractivity contribution in [1.29, 1.82) is 0 Å². The van der Waals surface area contributed by atoms with Crippen molar-refractivity contribution in [3.8, 4) is 5.75 Å². The minimum Gasteiger partial charge on any atom is -0.491 e. The number of sulfonamides is 1. The Morgan fingerprint density at radius 3 is 2.08 bits per heavy atom. The Bertz CT molecular complexity index is 1730. The molecule has 0 aliphatic heterocycles. The zero-order chi connectivity index (χ0) is 38.6. The predicted molar refractivity (Wildman–Crippen MR) is 183 cm³/mol. The van der Waals surface area contributed by atoms with Gasteiger partial charge in [0.2, 0.25) is 10.0 Å². The molecule has 0 saturated carbocycles. The van der Waals surface area contributed by atoms with Crippen LogP contribution in [-0.2, 0) is 19.5 Å². The van der Waals surface area contributed by atoms with E-state index in [4.69, 9.17) is 14.2 Å². The standard InChI is InChI=1S/C35H42F5N3O8S/c1-22(23-9-6-5-7-10-23)41-33(45)24-13-25(15-28(14-24)43(2)52(4,47)48)34(46)42-31(21-51-29-17-26(36)16-27(37)18-29)32(44)19-30(49-3)20-50-12-8-11-35(38,39)40/h5-7,9-10,13-18,22,30-32,44H,8,11-12,19-21H2,1-4H3,(H,41,45)(H,42,46)/t22-,30?,31+,32+/m1/s1. The minimum atomic E-state index is -4.35. The number of rotatable bonds is 19. The topological polar surface area (TPSA) is 144 Å². The van der Waals surface area contributed by atoms with Crippen molar-refractivity contribution >= 4 is 27.5 Å². The highest BCUT2D eigenvalue weighted by Crippen LogP contribution is 2.24. The molecule has 0 saturated heterocycles. The van der Waals surface area contributed by atoms with Crippen LogP contribution in [0.3, 0.4) is 0 Å². The van der Waals surface area contributed by atoms with Gasteiger partial charge in [0.05, 0.1) is 42.8 Å². The molecule has 286 valence electrons. The van der Waals surface area contributed by atoms with Crippen LogP contribution < -0.4 is 19.7 Å². The van der Waals surface area contributed by atoms with E-state index in [9.17, 15) is 45.1 Å². The Balaban J connectivity index is 1.88. The van der Waals surface area contributed by atoms with Gasteiger partial charge in [-0.2, -0.15) is 13.2 Å². The van der Waals surface area contributed by atoms with E-state index < -0.39 is 77.0 Å². The summed E-state index contributed by atoms with van der Waals surface area (Å²) in [5.41, 5.74) is 0.509. The fourth-order valence-corrected chi connectivity index (χ4v) is 5.39. The molecule has 52 heavy (non-hydrogen) atoms. The van der Waals surface area contributed by atoms with Crippen LogP contribution in [0.1, 0.15) is 58.5 Å². The molecule has 3 aromatic rings. The second-order valence-electron chi connectivity index (χ2n) is 12.1. The third-order valence-electron chi connectivity index (χ3n) is 7.89. The molecule has 17 heteroatoms. The molecule has 1 unspecified atom stereocenters. The van der Waals surface area contributed by atoms with Gasteiger partial charge in [0, 0.05) is 62.9 Å². The maximum atomic E-state index is 13.9. The lowest BCUT2D eigenvalue weighted by Gasteiger charge is -2.27. The zero-order valence-corrected chi connectivity index (χ0v) is 29.8. The van der Waals surface area contributed by atoms with E-state index >= 15 is 0 Å². The summed E-state index contributed by atoms with van der Waals surface area (Å²) in [6.07, 6.45) is -7.33. The lowest BCUT2D eigenvalue weighted by molar-refractivity contribution is -0.138. The Morgan fingerprint density at radius 1 is 0.923 bits per heavy atom. The summed E-state index contributed by atoms with van der Waals surface area (Å²) in [5.74, 6) is -3.66. The molecule has 0 bridgehead atoms. The molecule has 0 heterocycles. The van der Waals surface area contributed by atoms with Crippen LogP contribution in [0.25, 0.3) is 0 Å². The molecular formula is C35H42F5N3O8S. The Hall–Kier alpha value is -4.32. The van der Waals surface area contributed by atoms with E-state index in [0.29, 0.717) is 6.07 Å². The second kappa shape index (κ2) is 19.0. The zero-order valence-electron chi connectivity index (χ0n) is 29.0. The van der Waals surface area contributed by atoms with Crippen LogP contribution in [0.15, 0.2) is 66.7 Å². The normalized spacial score (nSPS) is 14.2. The molecule has 3 rings (SSSR count). The van der Waals surface area contributed by atoms with E-state index in [-0.39, 0.29) is 48.6 Å². The van der Waals surface area contributed by atoms with Gasteiger partial charge in [0.25, 0.3) is 11.8 Å². The van der Waals surface area contributed by atoms with Crippen molar-refractivity contribution in [1.82, 2.24) is 10.6 Å². The lowest BCUT2D eigenvalue weighted by Crippen LogP contribution is -2.48. The van der Waals surface area contributed by atoms with Gasteiger partial charge in [-0.15, -0.1) is 0 Å². The minimum absolute atomic E-state index is 0.0293. The largest absolute Gasteiger partial charge is 0.491 e. The number of hydrogen-bond donors (Lipinski definition) is 3. The van der Waals surface area contributed by atoms with Crippen molar-refractivity contribution in [2.75, 3.05) is 44.5 Å². The third kappa shape index (κ3) is 13.7. The van der Waals surface area contributed by atoms with Crippen LogP contribution in [-0.4, -0.2) is 90.0 Å². The first-order valence-corrected chi connectivity index (χ1v) is 17.9. The summed E-state index contributed by atoms with van der Waals surface area (Å²) in [4.78, 5) is 27.1. The van der Waals surface area contributed by atoms with E-state index in [1.165, 1.54) is 32.4 Å². The first-order chi connectivity index (χ1) is 24.4. The van der Waals surface area contributed by atoms with Crippen LogP contribution in [0.4, 0.5) is 27.6 Å². The van der Waals surface area contributed by atoms with Crippen LogP contribution in [0.2, 0.25) is 0 Å². The summed E-state index contributed by atoms with van der Waals surface area (Å²) in [6.45, 7) is 0.762. The van der Waals surface area contributed by atoms with Gasteiger partial charge in [0.15, 0.2) is 0 Å². The number of aliphatic hydroxyl groups is 1. The fraction of sp³-hybridized carbons (Fsp3) is 0.429. The van der Waals surface area contributed by atoms with Crippen LogP contribution >= 0.6 is 0 Å². The summed E-state index contributed by atoms with van der Waals surface area (Å²) < 4.78 is 107. The predicted octanol–water partition coefficient (Wildman–Crippen LogP) is 5.15. The number of amides is 2. The number of benzene rings is 3. The van der Waals surface area contributed by atoms with Gasteiger partial charge in [0.1, 0.15) is 24.0 Å². The number of nitrogens with zero attached hydrogens (tertiary/aromatic N) is 1. The number of methoxy groups -OCH3 is 1. The van der Waals surface area contributed by atoms with Gasteiger partial charge < -0.3 is 30.0 Å². The first-order valence-electron chi connectivity index (χ1n) is 16.1. The number of hydrogen-bond acceptors (Lipinski definition) is 8. The molecule has 3 aromatic carbocycles. The highest BCUT2D eigenvalue weighted by molar-refractivity contribution is 7.92. The second-order valence-corrected chi connectivity index (χ2v) is 14.1. The summed E-state index contributed by atoms with van der Waals surface area (Å²) in [6, 6.07) is 13.3. The van der Waals surface area contributed by atoms with Crippen LogP contribution in [0.5, 0.6) is 5.75 Å². The van der Waals surface area contributed by atoms with Gasteiger partial charge in [-0.05, 0) is 37.1 Å². The van der Waals surface area contributed by atoms with Crippen molar-refractivity contribution in [2.24, 2.45) is 0 Å². The Labute approximate surface area is 299 Å². The molecule has 11 nitrogen and oxygen atoms in total. The van der Waals surface area contributed by atoms with E-state index in [1.807, 2.05) is 6.07 Å². The molecule has 0 fully saturated rings. The first kappa shape index (κ1) is 42.1. The number of halogens is 5. The highest BCUT2D eigenvalue weighted by atomic mass is 32.2. The van der Waals surface area contributed by atoms with Gasteiger partial charge >= 0.3 is 6.18 Å². The average Bonchev–Trinajstić information content (AvgIpc) is 3.07. The van der Waals surface area contributed by atoms with E-state index in [2.05, 4.69) is 10.6 Å². The summed E-state index contributed by atoms with van der Waals surface area (Å²) in [7, 11) is -1.34. The van der Waals surface area contributed by atoms with Gasteiger partial charge in [-0.25, -0.2) is 17.2 Å². The van der Waals surface area contributed by atoms with Crippen LogP contribution in [0, 0.1) is 11.6 Å². The van der Waals surface area contributed by atoms with Crippen molar-refractivity contribution in [3.63, 3.8) is 0 Å². The monoisotopic (exact) mass is 759 g/mol. The van der Waals surface area contributed by atoms with E-state index in [0.717, 1.165) is 28.3 Å². The Morgan fingerprint density at radius 2 is 1.52 bits per heavy atom. The average molecular weight is 760 g/mol. The summed E-state index contributed by atoms with van der Waals surface area (Å²) >= 11 is 0. The quantitative estimate of drug-likeness (QED) is 0.113. The molecule has 2 amide bonds. The number of anilines is 1. The molecule has 0 aliphatic carbocycles. The molecule has 0 aliphatic rings. The molecule has 4 atom stereocenters. The molecule has 0 radical (unpaired) electrons. The van der Waals surface area contributed by atoms with Crippen molar-refractivity contribution in [3.05, 3.63) is 95.1 Å².